The third-order valence-corrected chi connectivity index (χ3v) is 2.02. The number of aromatic nitrogens is 2. The highest BCUT2D eigenvalue weighted by atomic mass is 16.5. The van der Waals surface area contributed by atoms with Crippen molar-refractivity contribution in [2.45, 2.75) is 25.9 Å². The molecule has 0 amide bonds. The van der Waals surface area contributed by atoms with Crippen molar-refractivity contribution in [2.75, 3.05) is 20.3 Å². The number of methoxy groups -OCH3 is 1. The van der Waals surface area contributed by atoms with Crippen molar-refractivity contribution in [3.8, 4) is 0 Å². The average molecular weight is 197 g/mol. The largest absolute Gasteiger partial charge is 0.383 e. The van der Waals surface area contributed by atoms with Crippen molar-refractivity contribution in [3.63, 3.8) is 0 Å². The average Bonchev–Trinajstić information content (AvgIpc) is 2.67. The Kier molecular flexibility index (Phi) is 5.25. The molecule has 1 rings (SSSR count). The van der Waals surface area contributed by atoms with E-state index in [1.807, 2.05) is 16.9 Å². The van der Waals surface area contributed by atoms with E-state index in [0.717, 1.165) is 26.1 Å². The Morgan fingerprint density at radius 3 is 3.00 bits per heavy atom. The first-order chi connectivity index (χ1) is 6.86. The fraction of sp³-hybridized carbons (Fsp3) is 0.700. The van der Waals surface area contributed by atoms with Crippen molar-refractivity contribution in [1.82, 2.24) is 15.1 Å². The summed E-state index contributed by atoms with van der Waals surface area (Å²) in [5, 5.41) is 7.59. The zero-order valence-corrected chi connectivity index (χ0v) is 8.94. The third kappa shape index (κ3) is 3.89. The Labute approximate surface area is 85.3 Å². The van der Waals surface area contributed by atoms with Crippen molar-refractivity contribution in [1.29, 1.82) is 0 Å². The van der Waals surface area contributed by atoms with Gasteiger partial charge in [0, 0.05) is 19.5 Å². The molecule has 0 fully saturated rings. The Hall–Kier alpha value is -0.870. The number of ether oxygens (including phenoxy) is 1. The number of hydrogen-bond donors (Lipinski definition) is 1. The molecule has 4 heteroatoms. The maximum Gasteiger partial charge on any atom is 0.0633 e. The van der Waals surface area contributed by atoms with Gasteiger partial charge in [-0.15, -0.1) is 0 Å². The molecule has 1 aromatic rings. The van der Waals surface area contributed by atoms with Crippen molar-refractivity contribution >= 4 is 0 Å². The maximum atomic E-state index is 5.15. The van der Waals surface area contributed by atoms with Crippen LogP contribution in [0.4, 0.5) is 0 Å². The van der Waals surface area contributed by atoms with Crippen LogP contribution in [0.3, 0.4) is 0 Å². The summed E-state index contributed by atoms with van der Waals surface area (Å²) in [7, 11) is 1.73. The van der Waals surface area contributed by atoms with Crippen LogP contribution in [0.2, 0.25) is 0 Å². The van der Waals surface area contributed by atoms with Gasteiger partial charge in [0.05, 0.1) is 19.2 Å². The van der Waals surface area contributed by atoms with Crippen molar-refractivity contribution < 1.29 is 4.74 Å². The molecule has 80 valence electrons. The smallest absolute Gasteiger partial charge is 0.0633 e. The van der Waals surface area contributed by atoms with Gasteiger partial charge in [-0.25, -0.2) is 0 Å². The molecule has 0 aromatic carbocycles. The lowest BCUT2D eigenvalue weighted by Crippen LogP contribution is -2.37. The second kappa shape index (κ2) is 6.56. The van der Waals surface area contributed by atoms with Gasteiger partial charge < -0.3 is 10.1 Å². The molecular formula is C10H19N3O. The van der Waals surface area contributed by atoms with Gasteiger partial charge in [0.15, 0.2) is 0 Å². The lowest BCUT2D eigenvalue weighted by atomic mass is 10.3. The summed E-state index contributed by atoms with van der Waals surface area (Å²) in [6.07, 6.45) is 4.90. The monoisotopic (exact) mass is 197 g/mol. The van der Waals surface area contributed by atoms with Crippen LogP contribution >= 0.6 is 0 Å². The van der Waals surface area contributed by atoms with Gasteiger partial charge in [0.25, 0.3) is 0 Å². The van der Waals surface area contributed by atoms with Crippen LogP contribution in [-0.4, -0.2) is 36.1 Å². The molecule has 1 heterocycles. The molecule has 1 atom stereocenters. The second-order valence-electron chi connectivity index (χ2n) is 3.33. The highest BCUT2D eigenvalue weighted by Crippen LogP contribution is 1.92. The summed E-state index contributed by atoms with van der Waals surface area (Å²) in [6, 6.07) is 2.28. The molecule has 4 nitrogen and oxygen atoms in total. The molecule has 0 saturated carbocycles. The quantitative estimate of drug-likeness (QED) is 0.706. The number of rotatable bonds is 7. The van der Waals surface area contributed by atoms with E-state index in [4.69, 9.17) is 4.74 Å². The standard InChI is InChI=1S/C10H19N3O/c1-3-5-11-10(9-14-2)8-13-7-4-6-12-13/h4,6-7,10-11H,3,5,8-9H2,1-2H3. The lowest BCUT2D eigenvalue weighted by Gasteiger charge is -2.17. The maximum absolute atomic E-state index is 5.15. The first-order valence-corrected chi connectivity index (χ1v) is 5.06. The molecule has 0 bridgehead atoms. The summed E-state index contributed by atoms with van der Waals surface area (Å²) in [5.74, 6) is 0. The van der Waals surface area contributed by atoms with E-state index < -0.39 is 0 Å². The highest BCUT2D eigenvalue weighted by Gasteiger charge is 2.07. The van der Waals surface area contributed by atoms with Crippen LogP contribution < -0.4 is 5.32 Å². The zero-order chi connectivity index (χ0) is 10.2. The van der Waals surface area contributed by atoms with Crippen LogP contribution in [0.15, 0.2) is 18.5 Å². The van der Waals surface area contributed by atoms with Gasteiger partial charge in [-0.1, -0.05) is 6.92 Å². The molecule has 0 aliphatic rings. The van der Waals surface area contributed by atoms with Gasteiger partial charge in [0.1, 0.15) is 0 Å². The summed E-state index contributed by atoms with van der Waals surface area (Å²) in [5.41, 5.74) is 0. The lowest BCUT2D eigenvalue weighted by molar-refractivity contribution is 0.157. The molecule has 1 N–H and O–H groups in total. The molecule has 0 saturated heterocycles. The van der Waals surface area contributed by atoms with Gasteiger partial charge >= 0.3 is 0 Å². The predicted molar refractivity (Wildman–Crippen MR) is 56.2 cm³/mol. The molecule has 14 heavy (non-hydrogen) atoms. The van der Waals surface area contributed by atoms with E-state index >= 15 is 0 Å². The van der Waals surface area contributed by atoms with E-state index in [0.29, 0.717) is 6.04 Å². The van der Waals surface area contributed by atoms with E-state index in [-0.39, 0.29) is 0 Å². The zero-order valence-electron chi connectivity index (χ0n) is 8.94. The van der Waals surface area contributed by atoms with Gasteiger partial charge in [-0.05, 0) is 19.0 Å². The highest BCUT2D eigenvalue weighted by molar-refractivity contribution is 4.79. The van der Waals surface area contributed by atoms with Gasteiger partial charge in [-0.3, -0.25) is 4.68 Å². The molecule has 1 unspecified atom stereocenters. The summed E-state index contributed by atoms with van der Waals surface area (Å²) >= 11 is 0. The molecular weight excluding hydrogens is 178 g/mol. The minimum atomic E-state index is 0.347. The van der Waals surface area contributed by atoms with Crippen LogP contribution in [0, 0.1) is 0 Å². The van der Waals surface area contributed by atoms with E-state index in [2.05, 4.69) is 17.3 Å². The Balaban J connectivity index is 2.34. The Morgan fingerprint density at radius 1 is 1.57 bits per heavy atom. The predicted octanol–water partition coefficient (Wildman–Crippen LogP) is 0.898. The Bertz CT molecular complexity index is 223. The molecule has 0 aliphatic heterocycles. The van der Waals surface area contributed by atoms with Crippen molar-refractivity contribution in [3.05, 3.63) is 18.5 Å². The fourth-order valence-electron chi connectivity index (χ4n) is 1.36. The number of hydrogen-bond acceptors (Lipinski definition) is 3. The van der Waals surface area contributed by atoms with E-state index in [1.54, 1.807) is 13.3 Å². The fourth-order valence-corrected chi connectivity index (χ4v) is 1.36. The van der Waals surface area contributed by atoms with Crippen LogP contribution in [0.5, 0.6) is 0 Å². The van der Waals surface area contributed by atoms with E-state index in [1.165, 1.54) is 0 Å². The van der Waals surface area contributed by atoms with Crippen LogP contribution in [0.25, 0.3) is 0 Å². The van der Waals surface area contributed by atoms with Gasteiger partial charge in [-0.2, -0.15) is 5.10 Å². The first-order valence-electron chi connectivity index (χ1n) is 5.06. The molecule has 1 aromatic heterocycles. The molecule has 0 spiro atoms. The van der Waals surface area contributed by atoms with Crippen LogP contribution in [0.1, 0.15) is 13.3 Å². The minimum Gasteiger partial charge on any atom is -0.383 e. The minimum absolute atomic E-state index is 0.347. The van der Waals surface area contributed by atoms with Crippen LogP contribution in [-0.2, 0) is 11.3 Å². The summed E-state index contributed by atoms with van der Waals surface area (Å²) in [6.45, 7) is 4.76. The second-order valence-corrected chi connectivity index (χ2v) is 3.33. The third-order valence-electron chi connectivity index (χ3n) is 2.02. The van der Waals surface area contributed by atoms with Crippen molar-refractivity contribution in [2.24, 2.45) is 0 Å². The number of nitrogens with one attached hydrogen (secondary N) is 1. The Morgan fingerprint density at radius 2 is 2.43 bits per heavy atom. The topological polar surface area (TPSA) is 39.1 Å². The van der Waals surface area contributed by atoms with E-state index in [9.17, 15) is 0 Å². The normalized spacial score (nSPS) is 13.0. The van der Waals surface area contributed by atoms with Gasteiger partial charge in [0.2, 0.25) is 0 Å². The molecule has 0 aliphatic carbocycles. The SMILES string of the molecule is CCCNC(COC)Cn1cccn1. The molecule has 0 radical (unpaired) electrons. The first kappa shape index (κ1) is 11.2. The summed E-state index contributed by atoms with van der Waals surface area (Å²) in [4.78, 5) is 0. The summed E-state index contributed by atoms with van der Waals surface area (Å²) < 4.78 is 7.07. The number of nitrogens with zero attached hydrogens (tertiary/aromatic N) is 2.